The number of benzene rings is 2. The van der Waals surface area contributed by atoms with Crippen molar-refractivity contribution in [2.24, 2.45) is 0 Å². The molecule has 164 valence electrons. The molecule has 31 heavy (non-hydrogen) atoms. The molecule has 4 rings (SSSR count). The number of fused-ring (bicyclic) bond motifs is 1. The van der Waals surface area contributed by atoms with E-state index in [1.54, 1.807) is 6.07 Å². The molecule has 1 fully saturated rings. The Labute approximate surface area is 182 Å². The Morgan fingerprint density at radius 3 is 2.42 bits per heavy atom. The molecule has 6 heteroatoms. The summed E-state index contributed by atoms with van der Waals surface area (Å²) in [6.45, 7) is 10.7. The van der Waals surface area contributed by atoms with Crippen molar-refractivity contribution in [3.63, 3.8) is 0 Å². The quantitative estimate of drug-likeness (QED) is 0.615. The van der Waals surface area contributed by atoms with Crippen molar-refractivity contribution in [3.05, 3.63) is 69.6 Å². The highest BCUT2D eigenvalue weighted by Gasteiger charge is 2.21. The second kappa shape index (κ2) is 9.12. The lowest BCUT2D eigenvalue weighted by atomic mass is 10.1. The highest BCUT2D eigenvalue weighted by molar-refractivity contribution is 5.81. The van der Waals surface area contributed by atoms with Crippen LogP contribution in [0, 0.1) is 20.8 Å². The average Bonchev–Trinajstić information content (AvgIpc) is 2.73. The van der Waals surface area contributed by atoms with Crippen molar-refractivity contribution < 1.29 is 14.3 Å². The molecule has 0 aliphatic carbocycles. The van der Waals surface area contributed by atoms with Crippen LogP contribution in [-0.2, 0) is 0 Å². The Kier molecular flexibility index (Phi) is 6.30. The predicted molar refractivity (Wildman–Crippen MR) is 123 cm³/mol. The van der Waals surface area contributed by atoms with E-state index in [-0.39, 0.29) is 12.2 Å². The monoisotopic (exact) mass is 422 g/mol. The van der Waals surface area contributed by atoms with Gasteiger partial charge in [-0.1, -0.05) is 18.2 Å². The van der Waals surface area contributed by atoms with Crippen molar-refractivity contribution in [1.82, 2.24) is 4.90 Å². The van der Waals surface area contributed by atoms with E-state index in [1.807, 2.05) is 19.1 Å². The van der Waals surface area contributed by atoms with Crippen LogP contribution in [-0.4, -0.2) is 55.4 Å². The van der Waals surface area contributed by atoms with Gasteiger partial charge in [0, 0.05) is 55.9 Å². The van der Waals surface area contributed by atoms with Crippen LogP contribution in [0.3, 0.4) is 0 Å². The molecule has 1 aliphatic rings. The van der Waals surface area contributed by atoms with Crippen LogP contribution in [0.5, 0.6) is 5.75 Å². The maximum Gasteiger partial charge on any atom is 0.336 e. The second-order valence-electron chi connectivity index (χ2n) is 8.40. The fourth-order valence-corrected chi connectivity index (χ4v) is 4.40. The van der Waals surface area contributed by atoms with Crippen molar-refractivity contribution in [2.75, 3.05) is 44.2 Å². The molecular formula is C25H30N2O4. The molecule has 0 amide bonds. The summed E-state index contributed by atoms with van der Waals surface area (Å²) in [6, 6.07) is 13.3. The average molecular weight is 423 g/mol. The number of para-hydroxylation sites is 1. The molecule has 0 unspecified atom stereocenters. The Bertz CT molecular complexity index is 1100. The smallest absolute Gasteiger partial charge is 0.336 e. The number of aliphatic hydroxyl groups is 1. The van der Waals surface area contributed by atoms with E-state index in [0.717, 1.165) is 37.1 Å². The molecule has 3 aromatic rings. The van der Waals surface area contributed by atoms with E-state index in [4.69, 9.17) is 9.15 Å². The van der Waals surface area contributed by atoms with Crippen molar-refractivity contribution in [3.8, 4) is 5.75 Å². The first-order chi connectivity index (χ1) is 14.9. The molecule has 1 aromatic heterocycles. The molecule has 1 N–H and O–H groups in total. The maximum atomic E-state index is 11.6. The van der Waals surface area contributed by atoms with Gasteiger partial charge >= 0.3 is 5.63 Å². The summed E-state index contributed by atoms with van der Waals surface area (Å²) in [6.07, 6.45) is -0.591. The minimum atomic E-state index is -0.591. The first kappa shape index (κ1) is 21.4. The van der Waals surface area contributed by atoms with Crippen LogP contribution in [0.1, 0.15) is 16.7 Å². The Morgan fingerprint density at radius 1 is 1.00 bits per heavy atom. The van der Waals surface area contributed by atoms with Gasteiger partial charge in [0.05, 0.1) is 0 Å². The van der Waals surface area contributed by atoms with Gasteiger partial charge in [-0.15, -0.1) is 0 Å². The van der Waals surface area contributed by atoms with Gasteiger partial charge in [-0.3, -0.25) is 4.90 Å². The molecule has 0 radical (unpaired) electrons. The van der Waals surface area contributed by atoms with Crippen LogP contribution >= 0.6 is 0 Å². The number of anilines is 1. The van der Waals surface area contributed by atoms with Crippen molar-refractivity contribution in [1.29, 1.82) is 0 Å². The van der Waals surface area contributed by atoms with E-state index in [1.165, 1.54) is 22.9 Å². The summed E-state index contributed by atoms with van der Waals surface area (Å²) in [4.78, 5) is 16.3. The zero-order chi connectivity index (χ0) is 22.0. The molecule has 2 aromatic carbocycles. The molecule has 1 saturated heterocycles. The Hall–Kier alpha value is -2.83. The number of hydrogen-bond acceptors (Lipinski definition) is 6. The van der Waals surface area contributed by atoms with Crippen LogP contribution < -0.4 is 15.3 Å². The van der Waals surface area contributed by atoms with Gasteiger partial charge in [-0.2, -0.15) is 0 Å². The predicted octanol–water partition coefficient (Wildman–Crippen LogP) is 3.28. The van der Waals surface area contributed by atoms with Gasteiger partial charge < -0.3 is 19.2 Å². The van der Waals surface area contributed by atoms with Gasteiger partial charge in [0.2, 0.25) is 0 Å². The van der Waals surface area contributed by atoms with Gasteiger partial charge in [0.25, 0.3) is 0 Å². The standard InChI is InChI=1S/C25H30N2O4/c1-17-5-4-6-18(2)25(17)27-11-9-26(10-12-27)15-20(28)16-30-21-7-8-22-19(3)13-24(29)31-23(22)14-21/h4-8,13-14,20,28H,9-12,15-16H2,1-3H3/t20-/m1/s1. The normalized spacial score (nSPS) is 15.9. The van der Waals surface area contributed by atoms with E-state index in [0.29, 0.717) is 17.9 Å². The highest BCUT2D eigenvalue weighted by Crippen LogP contribution is 2.26. The van der Waals surface area contributed by atoms with Gasteiger partial charge in [-0.05, 0) is 49.6 Å². The van der Waals surface area contributed by atoms with E-state index < -0.39 is 6.10 Å². The number of aliphatic hydroxyl groups excluding tert-OH is 1. The number of piperazine rings is 1. The summed E-state index contributed by atoms with van der Waals surface area (Å²) in [5, 5.41) is 11.4. The summed E-state index contributed by atoms with van der Waals surface area (Å²) in [5.41, 5.74) is 4.95. The molecule has 1 aliphatic heterocycles. The summed E-state index contributed by atoms with van der Waals surface area (Å²) in [7, 11) is 0. The van der Waals surface area contributed by atoms with E-state index in [9.17, 15) is 9.90 Å². The minimum absolute atomic E-state index is 0.193. The summed E-state index contributed by atoms with van der Waals surface area (Å²) < 4.78 is 11.0. The number of ether oxygens (including phenoxy) is 1. The Balaban J connectivity index is 1.29. The number of rotatable bonds is 6. The van der Waals surface area contributed by atoms with E-state index >= 15 is 0 Å². The summed E-state index contributed by atoms with van der Waals surface area (Å²) >= 11 is 0. The third-order valence-corrected chi connectivity index (χ3v) is 5.96. The lowest BCUT2D eigenvalue weighted by Gasteiger charge is -2.38. The Morgan fingerprint density at radius 2 is 1.71 bits per heavy atom. The SMILES string of the molecule is Cc1cccc(C)c1N1CCN(C[C@@H](O)COc2ccc3c(C)cc(=O)oc3c2)CC1. The fourth-order valence-electron chi connectivity index (χ4n) is 4.40. The minimum Gasteiger partial charge on any atom is -0.491 e. The van der Waals surface area contributed by atoms with Crippen LogP contribution in [0.4, 0.5) is 5.69 Å². The lowest BCUT2D eigenvalue weighted by Crippen LogP contribution is -2.49. The molecule has 1 atom stereocenters. The van der Waals surface area contributed by atoms with Gasteiger partial charge in [-0.25, -0.2) is 4.79 Å². The van der Waals surface area contributed by atoms with Crippen molar-refractivity contribution >= 4 is 16.7 Å². The molecule has 0 saturated carbocycles. The third kappa shape index (κ3) is 4.92. The number of nitrogens with zero attached hydrogens (tertiary/aromatic N) is 2. The molecule has 0 bridgehead atoms. The van der Waals surface area contributed by atoms with Crippen LogP contribution in [0.2, 0.25) is 0 Å². The zero-order valence-corrected chi connectivity index (χ0v) is 18.4. The van der Waals surface area contributed by atoms with Crippen molar-refractivity contribution in [2.45, 2.75) is 26.9 Å². The molecule has 0 spiro atoms. The highest BCUT2D eigenvalue weighted by atomic mass is 16.5. The molecular weight excluding hydrogens is 392 g/mol. The van der Waals surface area contributed by atoms with Crippen LogP contribution in [0.25, 0.3) is 11.0 Å². The fraction of sp³-hybridized carbons (Fsp3) is 0.400. The molecule has 2 heterocycles. The van der Waals surface area contributed by atoms with Crippen LogP contribution in [0.15, 0.2) is 51.7 Å². The first-order valence-corrected chi connectivity index (χ1v) is 10.8. The van der Waals surface area contributed by atoms with E-state index in [2.05, 4.69) is 41.8 Å². The number of hydrogen-bond donors (Lipinski definition) is 1. The summed E-state index contributed by atoms with van der Waals surface area (Å²) in [5.74, 6) is 0.583. The topological polar surface area (TPSA) is 66.2 Å². The second-order valence-corrected chi connectivity index (χ2v) is 8.40. The first-order valence-electron chi connectivity index (χ1n) is 10.8. The number of β-amino-alcohol motifs (C(OH)–C–C–N with tert-alkyl or cyclic N) is 1. The zero-order valence-electron chi connectivity index (χ0n) is 18.4. The molecule has 6 nitrogen and oxygen atoms in total. The lowest BCUT2D eigenvalue weighted by molar-refractivity contribution is 0.0663. The number of aryl methyl sites for hydroxylation is 3. The maximum absolute atomic E-state index is 11.6. The largest absolute Gasteiger partial charge is 0.491 e. The third-order valence-electron chi connectivity index (χ3n) is 5.96. The van der Waals surface area contributed by atoms with Gasteiger partial charge in [0.15, 0.2) is 0 Å². The van der Waals surface area contributed by atoms with Gasteiger partial charge in [0.1, 0.15) is 24.0 Å².